The predicted molar refractivity (Wildman–Crippen MR) is 88.0 cm³/mol. The van der Waals surface area contributed by atoms with Crippen molar-refractivity contribution < 1.29 is 0 Å². The van der Waals surface area contributed by atoms with Gasteiger partial charge in [-0.15, -0.1) is 0 Å². The number of nitrogens with zero attached hydrogens (tertiary/aromatic N) is 2. The molecule has 3 aromatic rings. The molecule has 0 atom stereocenters. The number of rotatable bonds is 2. The molecule has 2 nitrogen and oxygen atoms in total. The van der Waals surface area contributed by atoms with Gasteiger partial charge in [0.05, 0.1) is 28.3 Å². The van der Waals surface area contributed by atoms with E-state index in [9.17, 15) is 0 Å². The smallest absolute Gasteiger partial charge is 0.0696 e. The van der Waals surface area contributed by atoms with Crippen molar-refractivity contribution in [3.63, 3.8) is 0 Å². The quantitative estimate of drug-likeness (QED) is 0.551. The number of hydrogen-bond acceptors (Lipinski definition) is 1. The number of fused-ring (bicyclic) bond motifs is 1. The number of halogens is 3. The van der Waals surface area contributed by atoms with Gasteiger partial charge < -0.3 is 0 Å². The molecule has 0 saturated heterocycles. The largest absolute Gasteiger partial charge is 0.260 e. The van der Waals surface area contributed by atoms with E-state index in [1.165, 1.54) is 3.57 Å². The number of aromatic nitrogens is 2. The van der Waals surface area contributed by atoms with Gasteiger partial charge in [0.2, 0.25) is 0 Å². The Labute approximate surface area is 134 Å². The minimum Gasteiger partial charge on any atom is -0.260 e. The number of hydrogen-bond donors (Lipinski definition) is 0. The monoisotopic (exact) mass is 402 g/mol. The Bertz CT molecular complexity index is 752. The fraction of sp³-hybridized carbons (Fsp3) is 0.0714. The van der Waals surface area contributed by atoms with Crippen LogP contribution in [0, 0.1) is 3.57 Å². The van der Waals surface area contributed by atoms with Crippen LogP contribution in [0.5, 0.6) is 0 Å². The van der Waals surface area contributed by atoms with Crippen LogP contribution in [0.3, 0.4) is 0 Å². The molecule has 0 fully saturated rings. The van der Waals surface area contributed by atoms with Gasteiger partial charge in [-0.05, 0) is 46.4 Å². The number of benzene rings is 2. The average molecular weight is 403 g/mol. The summed E-state index contributed by atoms with van der Waals surface area (Å²) in [6.45, 7) is 0.614. The maximum absolute atomic E-state index is 6.22. The Morgan fingerprint density at radius 2 is 2.00 bits per heavy atom. The highest BCUT2D eigenvalue weighted by atomic mass is 127. The van der Waals surface area contributed by atoms with E-state index in [0.29, 0.717) is 16.6 Å². The first-order chi connectivity index (χ1) is 9.15. The topological polar surface area (TPSA) is 17.8 Å². The van der Waals surface area contributed by atoms with Gasteiger partial charge >= 0.3 is 0 Å². The lowest BCUT2D eigenvalue weighted by Crippen LogP contribution is -2.02. The highest BCUT2D eigenvalue weighted by molar-refractivity contribution is 14.1. The molecule has 0 amide bonds. The Balaban J connectivity index is 2.06. The van der Waals surface area contributed by atoms with Gasteiger partial charge in [-0.25, -0.2) is 0 Å². The van der Waals surface area contributed by atoms with Crippen molar-refractivity contribution in [1.29, 1.82) is 0 Å². The normalized spacial score (nSPS) is 11.1. The molecule has 0 spiro atoms. The van der Waals surface area contributed by atoms with Crippen molar-refractivity contribution in [1.82, 2.24) is 9.78 Å². The molecule has 0 aliphatic heterocycles. The molecule has 0 radical (unpaired) electrons. The molecule has 0 aliphatic rings. The Morgan fingerprint density at radius 1 is 1.16 bits per heavy atom. The van der Waals surface area contributed by atoms with Gasteiger partial charge in [0.25, 0.3) is 0 Å². The first kappa shape index (κ1) is 13.2. The fourth-order valence-corrected chi connectivity index (χ4v) is 2.86. The summed E-state index contributed by atoms with van der Waals surface area (Å²) in [6.07, 6.45) is 1.86. The molecule has 1 aromatic heterocycles. The van der Waals surface area contributed by atoms with Crippen molar-refractivity contribution in [2.75, 3.05) is 0 Å². The van der Waals surface area contributed by atoms with E-state index in [2.05, 4.69) is 45.9 Å². The zero-order chi connectivity index (χ0) is 13.4. The van der Waals surface area contributed by atoms with Gasteiger partial charge in [0.15, 0.2) is 0 Å². The second-order valence-electron chi connectivity index (χ2n) is 4.22. The van der Waals surface area contributed by atoms with Gasteiger partial charge in [-0.2, -0.15) is 5.10 Å². The second-order valence-corrected chi connectivity index (χ2v) is 6.25. The van der Waals surface area contributed by atoms with E-state index in [1.54, 1.807) is 6.07 Å². The summed E-state index contributed by atoms with van der Waals surface area (Å²) in [7, 11) is 0. The molecule has 3 rings (SSSR count). The Morgan fingerprint density at radius 3 is 2.84 bits per heavy atom. The maximum atomic E-state index is 6.22. The molecular weight excluding hydrogens is 394 g/mol. The predicted octanol–water partition coefficient (Wildman–Crippen LogP) is 5.00. The zero-order valence-electron chi connectivity index (χ0n) is 9.78. The summed E-state index contributed by atoms with van der Waals surface area (Å²) in [5, 5.41) is 6.71. The van der Waals surface area contributed by atoms with Crippen LogP contribution in [0.15, 0.2) is 42.6 Å². The summed E-state index contributed by atoms with van der Waals surface area (Å²) in [6, 6.07) is 11.9. The first-order valence-corrected chi connectivity index (χ1v) is 7.52. The molecule has 2 aromatic carbocycles. The molecule has 0 unspecified atom stereocenters. The molecule has 5 heteroatoms. The van der Waals surface area contributed by atoms with Crippen LogP contribution in [0.4, 0.5) is 0 Å². The SMILES string of the molecule is Clc1cccc(Cn2ncc3ccc(I)cc32)c1Cl. The molecule has 0 saturated carbocycles. The van der Waals surface area contributed by atoms with Crippen molar-refractivity contribution in [3.05, 3.63) is 61.8 Å². The van der Waals surface area contributed by atoms with Crippen molar-refractivity contribution >= 4 is 56.7 Å². The standard InChI is InChI=1S/C14H9Cl2IN2/c15-12-3-1-2-10(14(12)16)8-19-13-6-11(17)5-4-9(13)7-18-19/h1-7H,8H2. The highest BCUT2D eigenvalue weighted by Crippen LogP contribution is 2.27. The molecule has 0 bridgehead atoms. The lowest BCUT2D eigenvalue weighted by atomic mass is 10.2. The summed E-state index contributed by atoms with van der Waals surface area (Å²) in [4.78, 5) is 0. The minimum absolute atomic E-state index is 0.574. The second kappa shape index (κ2) is 5.31. The minimum atomic E-state index is 0.574. The molecular formula is C14H9Cl2IN2. The third-order valence-electron chi connectivity index (χ3n) is 2.96. The van der Waals surface area contributed by atoms with Crippen LogP contribution in [0.1, 0.15) is 5.56 Å². The van der Waals surface area contributed by atoms with Crippen molar-refractivity contribution in [2.24, 2.45) is 0 Å². The van der Waals surface area contributed by atoms with E-state index in [4.69, 9.17) is 23.2 Å². The van der Waals surface area contributed by atoms with Crippen molar-refractivity contribution in [2.45, 2.75) is 6.54 Å². The third-order valence-corrected chi connectivity index (χ3v) is 4.49. The Kier molecular flexibility index (Phi) is 3.69. The zero-order valence-corrected chi connectivity index (χ0v) is 13.4. The molecule has 0 N–H and O–H groups in total. The summed E-state index contributed by atoms with van der Waals surface area (Å²) in [5.74, 6) is 0. The molecule has 1 heterocycles. The van der Waals surface area contributed by atoms with E-state index in [-0.39, 0.29) is 0 Å². The van der Waals surface area contributed by atoms with Crippen LogP contribution in [0.2, 0.25) is 10.0 Å². The van der Waals surface area contributed by atoms with Crippen LogP contribution in [0.25, 0.3) is 10.9 Å². The van der Waals surface area contributed by atoms with E-state index >= 15 is 0 Å². The van der Waals surface area contributed by atoms with Crippen LogP contribution < -0.4 is 0 Å². The molecule has 96 valence electrons. The summed E-state index contributed by atoms with van der Waals surface area (Å²) >= 11 is 14.5. The Hall–Kier alpha value is -0.780. The van der Waals surface area contributed by atoms with E-state index in [0.717, 1.165) is 16.5 Å². The van der Waals surface area contributed by atoms with Gasteiger partial charge in [0.1, 0.15) is 0 Å². The van der Waals surface area contributed by atoms with Gasteiger partial charge in [-0.3, -0.25) is 4.68 Å². The van der Waals surface area contributed by atoms with Crippen LogP contribution in [-0.2, 0) is 6.54 Å². The average Bonchev–Trinajstić information content (AvgIpc) is 2.78. The van der Waals surface area contributed by atoms with Gasteiger partial charge in [-0.1, -0.05) is 41.4 Å². The third kappa shape index (κ3) is 2.59. The molecule has 0 aliphatic carbocycles. The fourth-order valence-electron chi connectivity index (χ4n) is 2.00. The van der Waals surface area contributed by atoms with Gasteiger partial charge in [0, 0.05) is 8.96 Å². The van der Waals surface area contributed by atoms with Crippen LogP contribution in [-0.4, -0.2) is 9.78 Å². The highest BCUT2D eigenvalue weighted by Gasteiger charge is 2.08. The van der Waals surface area contributed by atoms with E-state index in [1.807, 2.05) is 23.0 Å². The van der Waals surface area contributed by atoms with Crippen LogP contribution >= 0.6 is 45.8 Å². The van der Waals surface area contributed by atoms with E-state index < -0.39 is 0 Å². The molecule has 19 heavy (non-hydrogen) atoms. The first-order valence-electron chi connectivity index (χ1n) is 5.69. The lowest BCUT2D eigenvalue weighted by molar-refractivity contribution is 0.712. The summed E-state index contributed by atoms with van der Waals surface area (Å²) < 4.78 is 3.12. The lowest BCUT2D eigenvalue weighted by Gasteiger charge is -2.07. The van der Waals surface area contributed by atoms with Crippen molar-refractivity contribution in [3.8, 4) is 0 Å². The maximum Gasteiger partial charge on any atom is 0.0696 e. The summed E-state index contributed by atoms with van der Waals surface area (Å²) in [5.41, 5.74) is 2.07.